The van der Waals surface area contributed by atoms with E-state index < -0.39 is 17.1 Å². The first-order valence-electron chi connectivity index (χ1n) is 6.34. The maximum Gasteiger partial charge on any atom is 0.328 e. The summed E-state index contributed by atoms with van der Waals surface area (Å²) in [6.45, 7) is -0.222. The Kier molecular flexibility index (Phi) is 4.94. The lowest BCUT2D eigenvalue weighted by Crippen LogP contribution is -2.36. The van der Waals surface area contributed by atoms with Crippen LogP contribution in [-0.4, -0.2) is 35.7 Å². The molecule has 0 unspecified atom stereocenters. The summed E-state index contributed by atoms with van der Waals surface area (Å²) in [4.78, 5) is 37.5. The highest BCUT2D eigenvalue weighted by molar-refractivity contribution is 6.31. The Morgan fingerprint density at radius 3 is 2.86 bits per heavy atom. The van der Waals surface area contributed by atoms with Crippen molar-refractivity contribution in [2.24, 2.45) is 0 Å². The van der Waals surface area contributed by atoms with E-state index in [0.717, 1.165) is 16.7 Å². The highest BCUT2D eigenvalue weighted by Crippen LogP contribution is 2.18. The number of halogens is 2. The van der Waals surface area contributed by atoms with Crippen molar-refractivity contribution < 1.29 is 13.9 Å². The Morgan fingerprint density at radius 1 is 1.45 bits per heavy atom. The van der Waals surface area contributed by atoms with Crippen LogP contribution in [0.1, 0.15) is 0 Å². The van der Waals surface area contributed by atoms with Crippen LogP contribution in [0, 0.1) is 5.82 Å². The van der Waals surface area contributed by atoms with Crippen LogP contribution in [0.25, 0.3) is 10.9 Å². The highest BCUT2D eigenvalue weighted by Gasteiger charge is 2.11. The van der Waals surface area contributed by atoms with Crippen molar-refractivity contribution in [3.8, 4) is 0 Å². The number of hydrogen-bond donors (Lipinski definition) is 2. The zero-order chi connectivity index (χ0) is 16.3. The van der Waals surface area contributed by atoms with Gasteiger partial charge in [0.2, 0.25) is 5.91 Å². The third kappa shape index (κ3) is 3.34. The average Bonchev–Trinajstić information content (AvgIpc) is 2.48. The van der Waals surface area contributed by atoms with Crippen molar-refractivity contribution in [3.05, 3.63) is 43.8 Å². The second-order valence-electron chi connectivity index (χ2n) is 4.42. The number of fused-ring (bicyclic) bond motifs is 1. The van der Waals surface area contributed by atoms with E-state index in [1.165, 1.54) is 7.05 Å². The van der Waals surface area contributed by atoms with E-state index in [4.69, 9.17) is 16.3 Å². The Labute approximate surface area is 128 Å². The van der Waals surface area contributed by atoms with Crippen LogP contribution in [0.3, 0.4) is 0 Å². The number of aromatic amines is 1. The van der Waals surface area contributed by atoms with E-state index in [9.17, 15) is 18.8 Å². The van der Waals surface area contributed by atoms with E-state index in [-0.39, 0.29) is 41.6 Å². The van der Waals surface area contributed by atoms with Gasteiger partial charge in [-0.15, -0.1) is 0 Å². The minimum atomic E-state index is -0.726. The molecule has 118 valence electrons. The zero-order valence-corrected chi connectivity index (χ0v) is 12.4. The fraction of sp³-hybridized carbons (Fsp3) is 0.308. The fourth-order valence-electron chi connectivity index (χ4n) is 1.84. The summed E-state index contributed by atoms with van der Waals surface area (Å²) in [6.07, 6.45) is 0. The second-order valence-corrected chi connectivity index (χ2v) is 4.83. The molecule has 0 saturated carbocycles. The van der Waals surface area contributed by atoms with Crippen molar-refractivity contribution in [2.75, 3.05) is 20.3 Å². The molecule has 0 radical (unpaired) electrons. The minimum absolute atomic E-state index is 0.00313. The summed E-state index contributed by atoms with van der Waals surface area (Å²) in [7, 11) is 1.47. The molecule has 0 aliphatic heterocycles. The van der Waals surface area contributed by atoms with Crippen molar-refractivity contribution in [3.63, 3.8) is 0 Å². The predicted molar refractivity (Wildman–Crippen MR) is 78.7 cm³/mol. The molecule has 0 saturated heterocycles. The SMILES string of the molecule is CNC(=O)COCCn1c(=O)[nH]c2cc(F)c(Cl)cc2c1=O. The molecule has 0 atom stereocenters. The number of hydrogen-bond acceptors (Lipinski definition) is 4. The number of aromatic nitrogens is 2. The number of ether oxygens (including phenoxy) is 1. The molecule has 2 aromatic rings. The molecule has 0 aliphatic rings. The first-order chi connectivity index (χ1) is 10.4. The van der Waals surface area contributed by atoms with Gasteiger partial charge in [-0.2, -0.15) is 0 Å². The standard InChI is InChI=1S/C13H13ClFN3O4/c1-16-11(19)6-22-3-2-18-12(20)7-4-8(14)9(15)5-10(7)17-13(18)21/h4-5H,2-3,6H2,1H3,(H,16,19)(H,17,21). The Hall–Kier alpha value is -2.19. The quantitative estimate of drug-likeness (QED) is 0.769. The van der Waals surface area contributed by atoms with Gasteiger partial charge in [0.1, 0.15) is 12.4 Å². The third-order valence-electron chi connectivity index (χ3n) is 2.99. The van der Waals surface area contributed by atoms with E-state index in [0.29, 0.717) is 0 Å². The van der Waals surface area contributed by atoms with Gasteiger partial charge in [0.05, 0.1) is 29.1 Å². The van der Waals surface area contributed by atoms with Gasteiger partial charge in [0, 0.05) is 7.05 Å². The summed E-state index contributed by atoms with van der Waals surface area (Å²) in [6, 6.07) is 2.15. The molecule has 2 N–H and O–H groups in total. The van der Waals surface area contributed by atoms with Crippen LogP contribution in [0.15, 0.2) is 21.7 Å². The van der Waals surface area contributed by atoms with Gasteiger partial charge in [-0.25, -0.2) is 9.18 Å². The Balaban J connectivity index is 2.27. The van der Waals surface area contributed by atoms with Gasteiger partial charge < -0.3 is 15.0 Å². The van der Waals surface area contributed by atoms with Crippen LogP contribution in [0.4, 0.5) is 4.39 Å². The number of benzene rings is 1. The third-order valence-corrected chi connectivity index (χ3v) is 3.28. The van der Waals surface area contributed by atoms with Crippen molar-refractivity contribution >= 4 is 28.4 Å². The number of likely N-dealkylation sites (N-methyl/N-ethyl adjacent to an activating group) is 1. The molecule has 22 heavy (non-hydrogen) atoms. The van der Waals surface area contributed by atoms with Crippen LogP contribution in [-0.2, 0) is 16.1 Å². The van der Waals surface area contributed by atoms with E-state index in [1.54, 1.807) is 0 Å². The molecule has 0 bridgehead atoms. The molecule has 0 fully saturated rings. The summed E-state index contributed by atoms with van der Waals surface area (Å²) in [5, 5.41) is 2.26. The number of nitrogens with zero attached hydrogens (tertiary/aromatic N) is 1. The summed E-state index contributed by atoms with van der Waals surface area (Å²) < 4.78 is 19.3. The van der Waals surface area contributed by atoms with Crippen LogP contribution in [0.2, 0.25) is 5.02 Å². The fourth-order valence-corrected chi connectivity index (χ4v) is 2.01. The Bertz CT molecular complexity index is 830. The topological polar surface area (TPSA) is 93.2 Å². The molecular formula is C13H13ClFN3O4. The number of carbonyl (C=O) groups is 1. The number of amides is 1. The van der Waals surface area contributed by atoms with Gasteiger partial charge in [-0.1, -0.05) is 11.6 Å². The smallest absolute Gasteiger partial charge is 0.328 e. The number of nitrogens with one attached hydrogen (secondary N) is 2. The maximum absolute atomic E-state index is 13.3. The molecule has 1 heterocycles. The molecular weight excluding hydrogens is 317 g/mol. The molecule has 1 aromatic heterocycles. The van der Waals surface area contributed by atoms with Crippen LogP contribution < -0.4 is 16.6 Å². The molecule has 2 rings (SSSR count). The van der Waals surface area contributed by atoms with E-state index in [2.05, 4.69) is 10.3 Å². The van der Waals surface area contributed by atoms with Gasteiger partial charge in [-0.05, 0) is 12.1 Å². The summed E-state index contributed by atoms with van der Waals surface area (Å²) in [5.74, 6) is -1.04. The molecule has 0 aliphatic carbocycles. The first kappa shape index (κ1) is 16.2. The van der Waals surface area contributed by atoms with Crippen molar-refractivity contribution in [1.82, 2.24) is 14.9 Å². The molecule has 1 amide bonds. The second kappa shape index (κ2) is 6.71. The summed E-state index contributed by atoms with van der Waals surface area (Å²) >= 11 is 5.65. The van der Waals surface area contributed by atoms with E-state index >= 15 is 0 Å². The van der Waals surface area contributed by atoms with Gasteiger partial charge in [-0.3, -0.25) is 14.2 Å². The highest BCUT2D eigenvalue weighted by atomic mass is 35.5. The van der Waals surface area contributed by atoms with Gasteiger partial charge >= 0.3 is 5.69 Å². The minimum Gasteiger partial charge on any atom is -0.370 e. The van der Waals surface area contributed by atoms with E-state index in [1.807, 2.05) is 0 Å². The normalized spacial score (nSPS) is 10.9. The van der Waals surface area contributed by atoms with Gasteiger partial charge in [0.15, 0.2) is 0 Å². The van der Waals surface area contributed by atoms with Crippen LogP contribution >= 0.6 is 11.6 Å². The lowest BCUT2D eigenvalue weighted by molar-refractivity contribution is -0.125. The van der Waals surface area contributed by atoms with Crippen molar-refractivity contribution in [1.29, 1.82) is 0 Å². The molecule has 0 spiro atoms. The largest absolute Gasteiger partial charge is 0.370 e. The van der Waals surface area contributed by atoms with Crippen molar-refractivity contribution in [2.45, 2.75) is 6.54 Å². The number of rotatable bonds is 5. The predicted octanol–water partition coefficient (Wildman–Crippen LogP) is 0.245. The first-order valence-corrected chi connectivity index (χ1v) is 6.72. The lowest BCUT2D eigenvalue weighted by atomic mass is 10.2. The lowest BCUT2D eigenvalue weighted by Gasteiger charge is -2.07. The average molecular weight is 330 g/mol. The van der Waals surface area contributed by atoms with Crippen LogP contribution in [0.5, 0.6) is 0 Å². The van der Waals surface area contributed by atoms with Gasteiger partial charge in [0.25, 0.3) is 5.56 Å². The molecule has 1 aromatic carbocycles. The monoisotopic (exact) mass is 329 g/mol. The molecule has 9 heteroatoms. The Morgan fingerprint density at radius 2 is 2.18 bits per heavy atom. The number of H-pyrrole nitrogens is 1. The summed E-state index contributed by atoms with van der Waals surface area (Å²) in [5.41, 5.74) is -1.23. The maximum atomic E-state index is 13.3. The zero-order valence-electron chi connectivity index (χ0n) is 11.6. The molecule has 7 nitrogen and oxygen atoms in total. The number of carbonyl (C=O) groups excluding carboxylic acids is 1.